The summed E-state index contributed by atoms with van der Waals surface area (Å²) in [6, 6.07) is 12.2. The molecule has 2 aromatic carbocycles. The molecule has 0 saturated heterocycles. The van der Waals surface area contributed by atoms with Crippen LogP contribution in [0.25, 0.3) is 0 Å². The van der Waals surface area contributed by atoms with Gasteiger partial charge >= 0.3 is 0 Å². The van der Waals surface area contributed by atoms with Crippen molar-refractivity contribution in [1.29, 1.82) is 0 Å². The number of halogens is 2. The molecule has 1 heterocycles. The molecule has 0 aliphatic rings. The number of carbonyl (C=O) groups excluding carboxylic acids is 1. The van der Waals surface area contributed by atoms with E-state index in [4.69, 9.17) is 27.9 Å². The molecular weight excluding hydrogens is 417 g/mol. The van der Waals surface area contributed by atoms with Crippen LogP contribution >= 0.6 is 35.0 Å². The van der Waals surface area contributed by atoms with Gasteiger partial charge in [-0.05, 0) is 36.1 Å². The Morgan fingerprint density at radius 2 is 2.04 bits per heavy atom. The Morgan fingerprint density at radius 1 is 1.21 bits per heavy atom. The Hall–Kier alpha value is -2.28. The van der Waals surface area contributed by atoms with Crippen molar-refractivity contribution in [2.24, 2.45) is 0 Å². The Labute approximate surface area is 177 Å². The van der Waals surface area contributed by atoms with Crippen LogP contribution in [0.5, 0.6) is 5.75 Å². The van der Waals surface area contributed by atoms with Crippen LogP contribution in [0.2, 0.25) is 10.0 Å². The van der Waals surface area contributed by atoms with Gasteiger partial charge in [-0.3, -0.25) is 4.79 Å². The molecule has 1 aromatic heterocycles. The average Bonchev–Trinajstić information content (AvgIpc) is 2.72. The van der Waals surface area contributed by atoms with Gasteiger partial charge in [0.15, 0.2) is 10.9 Å². The van der Waals surface area contributed by atoms with E-state index in [2.05, 4.69) is 15.3 Å². The molecule has 5 nitrogen and oxygen atoms in total. The minimum Gasteiger partial charge on any atom is -0.497 e. The van der Waals surface area contributed by atoms with Gasteiger partial charge in [-0.15, -0.1) is 0 Å². The number of benzene rings is 2. The first-order valence-corrected chi connectivity index (χ1v) is 10.3. The number of thioether (sulfide) groups is 1. The third-order valence-electron chi connectivity index (χ3n) is 3.99. The van der Waals surface area contributed by atoms with Gasteiger partial charge in [-0.2, -0.15) is 0 Å². The monoisotopic (exact) mass is 433 g/mol. The largest absolute Gasteiger partial charge is 0.497 e. The SMILES string of the molecule is COc1cccc(C(=O)c2cnc(SC)nc2NCc2ccc(Cl)cc2Cl)c1. The summed E-state index contributed by atoms with van der Waals surface area (Å²) in [7, 11) is 1.56. The predicted molar refractivity (Wildman–Crippen MR) is 114 cm³/mol. The number of carbonyl (C=O) groups is 1. The van der Waals surface area contributed by atoms with Crippen LogP contribution in [-0.2, 0) is 6.54 Å². The van der Waals surface area contributed by atoms with E-state index < -0.39 is 0 Å². The molecule has 0 saturated carbocycles. The smallest absolute Gasteiger partial charge is 0.198 e. The maximum Gasteiger partial charge on any atom is 0.198 e. The zero-order valence-corrected chi connectivity index (χ0v) is 17.5. The number of aromatic nitrogens is 2. The van der Waals surface area contributed by atoms with Crippen molar-refractivity contribution in [1.82, 2.24) is 9.97 Å². The summed E-state index contributed by atoms with van der Waals surface area (Å²) in [5, 5.41) is 4.87. The van der Waals surface area contributed by atoms with E-state index in [1.165, 1.54) is 18.0 Å². The number of ketones is 1. The molecule has 0 atom stereocenters. The molecule has 0 bridgehead atoms. The molecule has 0 aliphatic heterocycles. The predicted octanol–water partition coefficient (Wildman–Crippen LogP) is 5.36. The molecule has 8 heteroatoms. The summed E-state index contributed by atoms with van der Waals surface area (Å²) >= 11 is 13.6. The maximum atomic E-state index is 13.0. The number of hydrogen-bond acceptors (Lipinski definition) is 6. The molecule has 0 amide bonds. The number of nitrogens with one attached hydrogen (secondary N) is 1. The summed E-state index contributed by atoms with van der Waals surface area (Å²) in [6.45, 7) is 0.388. The van der Waals surface area contributed by atoms with E-state index in [0.29, 0.717) is 44.4 Å². The van der Waals surface area contributed by atoms with E-state index in [9.17, 15) is 4.79 Å². The summed E-state index contributed by atoms with van der Waals surface area (Å²) in [6.07, 6.45) is 3.41. The molecular formula is C20H17Cl2N3O2S. The van der Waals surface area contributed by atoms with Gasteiger partial charge in [-0.25, -0.2) is 9.97 Å². The second kappa shape index (κ2) is 9.28. The second-order valence-electron chi connectivity index (χ2n) is 5.77. The highest BCUT2D eigenvalue weighted by molar-refractivity contribution is 7.98. The van der Waals surface area contributed by atoms with E-state index in [-0.39, 0.29) is 5.78 Å². The zero-order chi connectivity index (χ0) is 20.1. The van der Waals surface area contributed by atoms with Crippen LogP contribution in [0.15, 0.2) is 53.8 Å². The first-order chi connectivity index (χ1) is 13.5. The van der Waals surface area contributed by atoms with E-state index in [0.717, 1.165) is 5.56 Å². The molecule has 0 radical (unpaired) electrons. The van der Waals surface area contributed by atoms with Crippen LogP contribution in [-0.4, -0.2) is 29.1 Å². The number of nitrogens with zero attached hydrogens (tertiary/aromatic N) is 2. The van der Waals surface area contributed by atoms with Crippen molar-refractivity contribution < 1.29 is 9.53 Å². The summed E-state index contributed by atoms with van der Waals surface area (Å²) in [5.41, 5.74) is 1.71. The Bertz CT molecular complexity index is 1010. The number of rotatable bonds is 7. The molecule has 28 heavy (non-hydrogen) atoms. The average molecular weight is 434 g/mol. The lowest BCUT2D eigenvalue weighted by molar-refractivity contribution is 0.103. The molecule has 144 valence electrons. The number of hydrogen-bond donors (Lipinski definition) is 1. The van der Waals surface area contributed by atoms with Crippen LogP contribution < -0.4 is 10.1 Å². The minimum absolute atomic E-state index is 0.198. The van der Waals surface area contributed by atoms with Gasteiger partial charge in [-0.1, -0.05) is 53.2 Å². The van der Waals surface area contributed by atoms with Crippen LogP contribution in [0.4, 0.5) is 5.82 Å². The highest BCUT2D eigenvalue weighted by Gasteiger charge is 2.17. The van der Waals surface area contributed by atoms with Gasteiger partial charge in [0.25, 0.3) is 0 Å². The fraction of sp³-hybridized carbons (Fsp3) is 0.150. The number of ether oxygens (including phenoxy) is 1. The van der Waals surface area contributed by atoms with Gasteiger partial charge in [0, 0.05) is 28.4 Å². The Morgan fingerprint density at radius 3 is 2.75 bits per heavy atom. The minimum atomic E-state index is -0.198. The lowest BCUT2D eigenvalue weighted by atomic mass is 10.0. The van der Waals surface area contributed by atoms with Crippen molar-refractivity contribution in [3.63, 3.8) is 0 Å². The van der Waals surface area contributed by atoms with Crippen molar-refractivity contribution in [2.45, 2.75) is 11.7 Å². The fourth-order valence-corrected chi connectivity index (χ4v) is 3.34. The molecule has 0 aliphatic carbocycles. The highest BCUT2D eigenvalue weighted by Crippen LogP contribution is 2.25. The summed E-state index contributed by atoms with van der Waals surface area (Å²) < 4.78 is 5.21. The fourth-order valence-electron chi connectivity index (χ4n) is 2.53. The van der Waals surface area contributed by atoms with Crippen LogP contribution in [0.3, 0.4) is 0 Å². The quantitative estimate of drug-likeness (QED) is 0.307. The van der Waals surface area contributed by atoms with E-state index >= 15 is 0 Å². The number of methoxy groups -OCH3 is 1. The zero-order valence-electron chi connectivity index (χ0n) is 15.2. The lowest BCUT2D eigenvalue weighted by Gasteiger charge is -2.12. The first kappa shape index (κ1) is 20.5. The first-order valence-electron chi connectivity index (χ1n) is 8.29. The Balaban J connectivity index is 1.92. The number of anilines is 1. The molecule has 0 spiro atoms. The summed E-state index contributed by atoms with van der Waals surface area (Å²) in [4.78, 5) is 21.7. The van der Waals surface area contributed by atoms with Crippen molar-refractivity contribution >= 4 is 46.6 Å². The third kappa shape index (κ3) is 4.76. The standard InChI is InChI=1S/C20H17Cl2N3O2S/c1-27-15-5-3-4-12(8-15)18(26)16-11-24-20(28-2)25-19(16)23-10-13-6-7-14(21)9-17(13)22/h3-9,11H,10H2,1-2H3,(H,23,24,25). The molecule has 3 rings (SSSR count). The highest BCUT2D eigenvalue weighted by atomic mass is 35.5. The van der Waals surface area contributed by atoms with Gasteiger partial charge in [0.05, 0.1) is 12.7 Å². The molecule has 0 fully saturated rings. The lowest BCUT2D eigenvalue weighted by Crippen LogP contribution is -2.11. The van der Waals surface area contributed by atoms with Crippen molar-refractivity contribution in [3.05, 3.63) is 75.4 Å². The van der Waals surface area contributed by atoms with Crippen LogP contribution in [0.1, 0.15) is 21.5 Å². The second-order valence-corrected chi connectivity index (χ2v) is 7.39. The third-order valence-corrected chi connectivity index (χ3v) is 5.14. The normalized spacial score (nSPS) is 10.6. The van der Waals surface area contributed by atoms with Crippen LogP contribution in [0, 0.1) is 0 Å². The van der Waals surface area contributed by atoms with Gasteiger partial charge in [0.1, 0.15) is 11.6 Å². The topological polar surface area (TPSA) is 64.1 Å². The van der Waals surface area contributed by atoms with Gasteiger partial charge < -0.3 is 10.1 Å². The summed E-state index contributed by atoms with van der Waals surface area (Å²) in [5.74, 6) is 0.851. The van der Waals surface area contributed by atoms with Crippen molar-refractivity contribution in [2.75, 3.05) is 18.7 Å². The molecule has 0 unspecified atom stereocenters. The van der Waals surface area contributed by atoms with Gasteiger partial charge in [0.2, 0.25) is 0 Å². The van der Waals surface area contributed by atoms with E-state index in [1.807, 2.05) is 12.3 Å². The van der Waals surface area contributed by atoms with Crippen molar-refractivity contribution in [3.8, 4) is 5.75 Å². The maximum absolute atomic E-state index is 13.0. The Kier molecular flexibility index (Phi) is 6.78. The molecule has 1 N–H and O–H groups in total. The van der Waals surface area contributed by atoms with E-state index in [1.54, 1.807) is 43.5 Å². The molecule has 3 aromatic rings.